The zero-order valence-corrected chi connectivity index (χ0v) is 18.9. The van der Waals surface area contributed by atoms with Gasteiger partial charge in [-0.05, 0) is 46.1 Å². The molecule has 0 aromatic carbocycles. The molecule has 0 radical (unpaired) electrons. The first-order valence-electron chi connectivity index (χ1n) is 10.8. The molecular weight excluding hydrogens is 404 g/mol. The molecule has 3 aromatic heterocycles. The number of aryl methyl sites for hydroxylation is 3. The smallest absolute Gasteiger partial charge is 0.247 e. The van der Waals surface area contributed by atoms with Crippen LogP contribution in [-0.4, -0.2) is 47.1 Å². The van der Waals surface area contributed by atoms with Crippen LogP contribution in [0.15, 0.2) is 30.7 Å². The van der Waals surface area contributed by atoms with Crippen molar-refractivity contribution >= 4 is 23.6 Å². The molecule has 0 aliphatic carbocycles. The number of carbonyl (C=O) groups excluding carboxylic acids is 1. The number of anilines is 2. The van der Waals surface area contributed by atoms with E-state index in [1.54, 1.807) is 24.7 Å². The average Bonchev–Trinajstić information content (AvgIpc) is 3.03. The van der Waals surface area contributed by atoms with Crippen molar-refractivity contribution in [2.45, 2.75) is 46.1 Å². The molecule has 0 bridgehead atoms. The average molecular weight is 433 g/mol. The molecule has 0 spiro atoms. The minimum absolute atomic E-state index is 0.0362. The number of aromatic nitrogens is 6. The van der Waals surface area contributed by atoms with E-state index in [1.165, 1.54) is 0 Å². The van der Waals surface area contributed by atoms with Gasteiger partial charge in [0.2, 0.25) is 5.91 Å². The number of piperidine rings is 1. The summed E-state index contributed by atoms with van der Waals surface area (Å²) in [4.78, 5) is 32.7. The van der Waals surface area contributed by atoms with E-state index < -0.39 is 0 Å². The summed E-state index contributed by atoms with van der Waals surface area (Å²) < 4.78 is 1.83. The number of rotatable bonds is 5. The van der Waals surface area contributed by atoms with E-state index in [0.29, 0.717) is 24.0 Å². The standard InChI is InChI=1S/C23H28N8O/c1-15-13-20(27-21-14-24-10-11-25-21)28-23(26-15)19-7-5-6-12-31(19)22(32)9-8-18-16(2)29-30(4)17(18)3/h8-11,13-14,19H,5-7,12H2,1-4H3,(H,25,26,27,28)/b9-8+/t19-/m0/s1. The van der Waals surface area contributed by atoms with Gasteiger partial charge >= 0.3 is 0 Å². The van der Waals surface area contributed by atoms with Gasteiger partial charge in [0, 0.05) is 55.1 Å². The number of nitrogens with one attached hydrogen (secondary N) is 1. The highest BCUT2D eigenvalue weighted by atomic mass is 16.2. The summed E-state index contributed by atoms with van der Waals surface area (Å²) in [6, 6.07) is 1.69. The molecule has 32 heavy (non-hydrogen) atoms. The molecule has 166 valence electrons. The maximum atomic E-state index is 13.2. The first-order valence-corrected chi connectivity index (χ1v) is 10.8. The van der Waals surface area contributed by atoms with Gasteiger partial charge < -0.3 is 10.2 Å². The largest absolute Gasteiger partial charge is 0.329 e. The Morgan fingerprint density at radius 3 is 2.72 bits per heavy atom. The molecule has 4 heterocycles. The Balaban J connectivity index is 1.58. The Bertz CT molecular complexity index is 1140. The molecule has 1 saturated heterocycles. The van der Waals surface area contributed by atoms with Crippen LogP contribution in [-0.2, 0) is 11.8 Å². The zero-order valence-electron chi connectivity index (χ0n) is 18.9. The molecular formula is C23H28N8O. The molecule has 4 rings (SSSR count). The number of carbonyl (C=O) groups is 1. The van der Waals surface area contributed by atoms with Crippen LogP contribution in [0.2, 0.25) is 0 Å². The van der Waals surface area contributed by atoms with E-state index in [4.69, 9.17) is 4.98 Å². The number of hydrogen-bond acceptors (Lipinski definition) is 7. The molecule has 9 heteroatoms. The Hall–Kier alpha value is -3.62. The van der Waals surface area contributed by atoms with Crippen LogP contribution in [0.4, 0.5) is 11.6 Å². The van der Waals surface area contributed by atoms with Crippen molar-refractivity contribution in [1.82, 2.24) is 34.6 Å². The van der Waals surface area contributed by atoms with E-state index in [9.17, 15) is 4.79 Å². The number of amides is 1. The normalized spacial score (nSPS) is 16.5. The molecule has 3 aromatic rings. The molecule has 0 saturated carbocycles. The fraction of sp³-hybridized carbons (Fsp3) is 0.391. The molecule has 1 atom stereocenters. The van der Waals surface area contributed by atoms with E-state index >= 15 is 0 Å². The molecule has 1 N–H and O–H groups in total. The van der Waals surface area contributed by atoms with Crippen LogP contribution in [0.25, 0.3) is 6.08 Å². The third-order valence-corrected chi connectivity index (χ3v) is 5.73. The van der Waals surface area contributed by atoms with Crippen LogP contribution < -0.4 is 5.32 Å². The van der Waals surface area contributed by atoms with Crippen molar-refractivity contribution in [1.29, 1.82) is 0 Å². The van der Waals surface area contributed by atoms with Gasteiger partial charge in [-0.3, -0.25) is 14.5 Å². The third kappa shape index (κ3) is 4.66. The van der Waals surface area contributed by atoms with Crippen molar-refractivity contribution in [3.05, 3.63) is 59.2 Å². The highest BCUT2D eigenvalue weighted by Crippen LogP contribution is 2.30. The lowest BCUT2D eigenvalue weighted by Gasteiger charge is -2.34. The molecule has 1 fully saturated rings. The first kappa shape index (κ1) is 21.6. The summed E-state index contributed by atoms with van der Waals surface area (Å²) in [5.41, 5.74) is 3.75. The van der Waals surface area contributed by atoms with Crippen LogP contribution >= 0.6 is 0 Å². The van der Waals surface area contributed by atoms with Gasteiger partial charge in [0.15, 0.2) is 5.82 Å². The van der Waals surface area contributed by atoms with E-state index in [-0.39, 0.29) is 11.9 Å². The monoisotopic (exact) mass is 432 g/mol. The fourth-order valence-corrected chi connectivity index (χ4v) is 4.04. The Morgan fingerprint density at radius 2 is 2.00 bits per heavy atom. The van der Waals surface area contributed by atoms with E-state index in [2.05, 4.69) is 25.4 Å². The molecule has 0 unspecified atom stereocenters. The van der Waals surface area contributed by atoms with Crippen LogP contribution in [0.5, 0.6) is 0 Å². The lowest BCUT2D eigenvalue weighted by molar-refractivity contribution is -0.129. The molecule has 1 aliphatic heterocycles. The Morgan fingerprint density at radius 1 is 1.16 bits per heavy atom. The Labute approximate surface area is 187 Å². The lowest BCUT2D eigenvalue weighted by atomic mass is 10.0. The van der Waals surface area contributed by atoms with Crippen LogP contribution in [0.1, 0.15) is 53.8 Å². The topological polar surface area (TPSA) is 102 Å². The van der Waals surface area contributed by atoms with Crippen molar-refractivity contribution in [3.63, 3.8) is 0 Å². The number of hydrogen-bond donors (Lipinski definition) is 1. The first-order chi connectivity index (χ1) is 15.4. The minimum atomic E-state index is -0.167. The molecule has 1 aliphatic rings. The second-order valence-corrected chi connectivity index (χ2v) is 8.05. The predicted octanol–water partition coefficient (Wildman–Crippen LogP) is 3.44. The van der Waals surface area contributed by atoms with E-state index in [0.717, 1.165) is 41.9 Å². The number of likely N-dealkylation sites (tertiary alicyclic amines) is 1. The molecule has 1 amide bonds. The molecule has 9 nitrogen and oxygen atoms in total. The maximum absolute atomic E-state index is 13.2. The summed E-state index contributed by atoms with van der Waals surface area (Å²) >= 11 is 0. The van der Waals surface area contributed by atoms with Gasteiger partial charge in [-0.2, -0.15) is 5.10 Å². The van der Waals surface area contributed by atoms with Gasteiger partial charge in [-0.25, -0.2) is 15.0 Å². The van der Waals surface area contributed by atoms with Crippen molar-refractivity contribution in [2.75, 3.05) is 11.9 Å². The highest BCUT2D eigenvalue weighted by molar-refractivity contribution is 5.92. The van der Waals surface area contributed by atoms with Crippen molar-refractivity contribution in [2.24, 2.45) is 7.05 Å². The summed E-state index contributed by atoms with van der Waals surface area (Å²) in [7, 11) is 1.91. The second-order valence-electron chi connectivity index (χ2n) is 8.05. The maximum Gasteiger partial charge on any atom is 0.247 e. The summed E-state index contributed by atoms with van der Waals surface area (Å²) in [5, 5.41) is 7.60. The second kappa shape index (κ2) is 9.25. The van der Waals surface area contributed by atoms with Crippen LogP contribution in [0.3, 0.4) is 0 Å². The minimum Gasteiger partial charge on any atom is -0.329 e. The number of nitrogens with zero attached hydrogens (tertiary/aromatic N) is 7. The fourth-order valence-electron chi connectivity index (χ4n) is 4.04. The summed E-state index contributed by atoms with van der Waals surface area (Å²) in [6.07, 6.45) is 11.2. The van der Waals surface area contributed by atoms with Crippen molar-refractivity contribution in [3.8, 4) is 0 Å². The summed E-state index contributed by atoms with van der Waals surface area (Å²) in [6.45, 7) is 6.56. The zero-order chi connectivity index (χ0) is 22.7. The van der Waals surface area contributed by atoms with E-state index in [1.807, 2.05) is 49.5 Å². The Kier molecular flexibility index (Phi) is 6.25. The van der Waals surface area contributed by atoms with Gasteiger partial charge in [0.05, 0.1) is 17.9 Å². The quantitative estimate of drug-likeness (QED) is 0.616. The van der Waals surface area contributed by atoms with Gasteiger partial charge in [-0.1, -0.05) is 0 Å². The van der Waals surface area contributed by atoms with Gasteiger partial charge in [0.25, 0.3) is 0 Å². The predicted molar refractivity (Wildman–Crippen MR) is 122 cm³/mol. The lowest BCUT2D eigenvalue weighted by Crippen LogP contribution is -2.38. The SMILES string of the molecule is Cc1cc(Nc2cnccn2)nc([C@@H]2CCCCN2C(=O)/C=C/c2c(C)nn(C)c2C)n1. The van der Waals surface area contributed by atoms with Gasteiger partial charge in [0.1, 0.15) is 11.6 Å². The van der Waals surface area contributed by atoms with Gasteiger partial charge in [-0.15, -0.1) is 0 Å². The summed E-state index contributed by atoms with van der Waals surface area (Å²) in [5.74, 6) is 1.86. The third-order valence-electron chi connectivity index (χ3n) is 5.73. The van der Waals surface area contributed by atoms with Crippen molar-refractivity contribution < 1.29 is 4.79 Å². The van der Waals surface area contributed by atoms with Crippen LogP contribution in [0, 0.1) is 20.8 Å². The highest BCUT2D eigenvalue weighted by Gasteiger charge is 2.29.